The maximum Gasteiger partial charge on any atom is 0.266 e. The third-order valence-corrected chi connectivity index (χ3v) is 8.02. The van der Waals surface area contributed by atoms with Crippen LogP contribution in [0, 0.1) is 6.92 Å². The number of hydrogen-bond donors (Lipinski definition) is 0. The number of aryl methyl sites for hydroxylation is 1. The number of carbonyl (C=O) groups excluding carboxylic acids is 1. The zero-order valence-electron chi connectivity index (χ0n) is 17.7. The Labute approximate surface area is 188 Å². The van der Waals surface area contributed by atoms with Crippen molar-refractivity contribution >= 4 is 26.7 Å². The Morgan fingerprint density at radius 2 is 1.50 bits per heavy atom. The van der Waals surface area contributed by atoms with Crippen molar-refractivity contribution in [1.29, 1.82) is 0 Å². The first-order valence-corrected chi connectivity index (χ1v) is 12.1. The number of amides is 1. The standard InChI is InChI=1S/C27H23NO3S/c1-19-11-14-22(15-12-19)32(30,31)28-18-26(20-7-3-2-4-8-20)24-16-13-21-9-5-6-10-23(21)25(24)17-27(28)29/h2-16,26H,17-18H2,1H3. The molecule has 0 saturated heterocycles. The van der Waals surface area contributed by atoms with Gasteiger partial charge in [-0.25, -0.2) is 12.7 Å². The fourth-order valence-electron chi connectivity index (χ4n) is 4.52. The van der Waals surface area contributed by atoms with Gasteiger partial charge in [-0.1, -0.05) is 84.4 Å². The van der Waals surface area contributed by atoms with Gasteiger partial charge in [-0.15, -0.1) is 0 Å². The molecule has 0 bridgehead atoms. The molecule has 5 heteroatoms. The minimum absolute atomic E-state index is 0.0467. The van der Waals surface area contributed by atoms with Gasteiger partial charge in [0.15, 0.2) is 0 Å². The number of sulfonamides is 1. The number of carbonyl (C=O) groups is 1. The molecule has 1 heterocycles. The predicted octanol–water partition coefficient (Wildman–Crippen LogP) is 5.05. The summed E-state index contributed by atoms with van der Waals surface area (Å²) in [6.07, 6.45) is 0.0467. The Kier molecular flexibility index (Phi) is 5.06. The summed E-state index contributed by atoms with van der Waals surface area (Å²) in [6, 6.07) is 28.5. The van der Waals surface area contributed by atoms with Gasteiger partial charge in [-0.05, 0) is 46.5 Å². The summed E-state index contributed by atoms with van der Waals surface area (Å²) in [5.41, 5.74) is 3.86. The highest BCUT2D eigenvalue weighted by Gasteiger charge is 2.36. The lowest BCUT2D eigenvalue weighted by atomic mass is 9.86. The van der Waals surface area contributed by atoms with Gasteiger partial charge in [0.25, 0.3) is 10.0 Å². The zero-order valence-corrected chi connectivity index (χ0v) is 18.5. The minimum Gasteiger partial charge on any atom is -0.273 e. The van der Waals surface area contributed by atoms with Crippen LogP contribution in [0.3, 0.4) is 0 Å². The van der Waals surface area contributed by atoms with E-state index >= 15 is 0 Å². The largest absolute Gasteiger partial charge is 0.273 e. The summed E-state index contributed by atoms with van der Waals surface area (Å²) < 4.78 is 28.2. The van der Waals surface area contributed by atoms with E-state index in [1.54, 1.807) is 24.3 Å². The number of fused-ring (bicyclic) bond motifs is 3. The third-order valence-electron chi connectivity index (χ3n) is 6.22. The van der Waals surface area contributed by atoms with E-state index in [9.17, 15) is 13.2 Å². The molecule has 1 aliphatic rings. The summed E-state index contributed by atoms with van der Waals surface area (Å²) in [6.45, 7) is 1.98. The Hall–Kier alpha value is -3.44. The van der Waals surface area contributed by atoms with Crippen molar-refractivity contribution in [1.82, 2.24) is 4.31 Å². The Bertz CT molecular complexity index is 1410. The molecule has 1 atom stereocenters. The molecule has 0 spiro atoms. The van der Waals surface area contributed by atoms with Gasteiger partial charge in [0.1, 0.15) is 0 Å². The summed E-state index contributed by atoms with van der Waals surface area (Å²) >= 11 is 0. The summed E-state index contributed by atoms with van der Waals surface area (Å²) in [7, 11) is -3.98. The van der Waals surface area contributed by atoms with Gasteiger partial charge in [0, 0.05) is 12.5 Å². The topological polar surface area (TPSA) is 54.5 Å². The normalized spacial score (nSPS) is 16.6. The Morgan fingerprint density at radius 3 is 2.25 bits per heavy atom. The van der Waals surface area contributed by atoms with E-state index in [2.05, 4.69) is 6.07 Å². The van der Waals surface area contributed by atoms with Crippen molar-refractivity contribution in [3.05, 3.63) is 113 Å². The maximum absolute atomic E-state index is 13.6. The van der Waals surface area contributed by atoms with Crippen LogP contribution in [0.1, 0.15) is 28.2 Å². The molecule has 160 valence electrons. The highest BCUT2D eigenvalue weighted by atomic mass is 32.2. The molecule has 0 aliphatic carbocycles. The molecule has 4 aromatic carbocycles. The molecule has 0 aromatic heterocycles. The van der Waals surface area contributed by atoms with Crippen molar-refractivity contribution in [2.45, 2.75) is 24.2 Å². The zero-order chi connectivity index (χ0) is 22.3. The minimum atomic E-state index is -3.98. The monoisotopic (exact) mass is 441 g/mol. The molecule has 0 fully saturated rings. The second-order valence-corrected chi connectivity index (χ2v) is 10.1. The van der Waals surface area contributed by atoms with Gasteiger partial charge < -0.3 is 0 Å². The van der Waals surface area contributed by atoms with Crippen LogP contribution in [0.15, 0.2) is 95.9 Å². The second-order valence-electron chi connectivity index (χ2n) is 8.24. The van der Waals surface area contributed by atoms with Crippen molar-refractivity contribution < 1.29 is 13.2 Å². The molecular weight excluding hydrogens is 418 g/mol. The van der Waals surface area contributed by atoms with Crippen molar-refractivity contribution in [2.24, 2.45) is 0 Å². The van der Waals surface area contributed by atoms with E-state index in [-0.39, 0.29) is 23.8 Å². The highest BCUT2D eigenvalue weighted by molar-refractivity contribution is 7.89. The van der Waals surface area contributed by atoms with E-state index in [0.717, 1.165) is 37.3 Å². The van der Waals surface area contributed by atoms with Crippen LogP contribution in [-0.4, -0.2) is 25.2 Å². The average Bonchev–Trinajstić information content (AvgIpc) is 2.96. The molecule has 1 amide bonds. The average molecular weight is 442 g/mol. The van der Waals surface area contributed by atoms with Crippen LogP contribution in [0.5, 0.6) is 0 Å². The molecule has 0 saturated carbocycles. The third kappa shape index (κ3) is 3.49. The van der Waals surface area contributed by atoms with Crippen LogP contribution < -0.4 is 0 Å². The fraction of sp³-hybridized carbons (Fsp3) is 0.148. The van der Waals surface area contributed by atoms with Crippen LogP contribution >= 0.6 is 0 Å². The van der Waals surface area contributed by atoms with Crippen molar-refractivity contribution in [3.8, 4) is 0 Å². The molecule has 4 nitrogen and oxygen atoms in total. The second kappa shape index (κ2) is 7.92. The van der Waals surface area contributed by atoms with Crippen LogP contribution in [-0.2, 0) is 21.2 Å². The first kappa shape index (κ1) is 20.5. The van der Waals surface area contributed by atoms with Gasteiger partial charge in [0.05, 0.1) is 11.3 Å². The molecule has 4 aromatic rings. The molecule has 1 aliphatic heterocycles. The van der Waals surface area contributed by atoms with Crippen LogP contribution in [0.4, 0.5) is 0 Å². The van der Waals surface area contributed by atoms with Crippen LogP contribution in [0.2, 0.25) is 0 Å². The van der Waals surface area contributed by atoms with Gasteiger partial charge in [0.2, 0.25) is 5.91 Å². The number of nitrogens with zero attached hydrogens (tertiary/aromatic N) is 1. The highest BCUT2D eigenvalue weighted by Crippen LogP contribution is 2.37. The lowest BCUT2D eigenvalue weighted by molar-refractivity contribution is -0.125. The molecule has 32 heavy (non-hydrogen) atoms. The summed E-state index contributed by atoms with van der Waals surface area (Å²) in [4.78, 5) is 13.6. The van der Waals surface area contributed by atoms with E-state index in [4.69, 9.17) is 0 Å². The smallest absolute Gasteiger partial charge is 0.266 e. The van der Waals surface area contributed by atoms with Gasteiger partial charge >= 0.3 is 0 Å². The predicted molar refractivity (Wildman–Crippen MR) is 126 cm³/mol. The van der Waals surface area contributed by atoms with E-state index < -0.39 is 15.9 Å². The van der Waals surface area contributed by atoms with Crippen molar-refractivity contribution in [2.75, 3.05) is 6.54 Å². The number of benzene rings is 4. The first-order valence-electron chi connectivity index (χ1n) is 10.6. The summed E-state index contributed by atoms with van der Waals surface area (Å²) in [5.74, 6) is -0.649. The lowest BCUT2D eigenvalue weighted by Gasteiger charge is -2.25. The van der Waals surface area contributed by atoms with E-state index in [1.807, 2.05) is 67.6 Å². The first-order chi connectivity index (χ1) is 15.4. The SMILES string of the molecule is Cc1ccc(S(=O)(=O)N2CC(c3ccccc3)c3ccc4ccccc4c3CC2=O)cc1. The molecule has 0 radical (unpaired) electrons. The summed E-state index contributed by atoms with van der Waals surface area (Å²) in [5, 5.41) is 2.04. The van der Waals surface area contributed by atoms with Crippen molar-refractivity contribution in [3.63, 3.8) is 0 Å². The molecule has 5 rings (SSSR count). The van der Waals surface area contributed by atoms with Crippen LogP contribution in [0.25, 0.3) is 10.8 Å². The van der Waals surface area contributed by atoms with Gasteiger partial charge in [-0.3, -0.25) is 4.79 Å². The maximum atomic E-state index is 13.6. The van der Waals surface area contributed by atoms with E-state index in [1.165, 1.54) is 0 Å². The Balaban J connectivity index is 1.69. The number of rotatable bonds is 3. The molecular formula is C27H23NO3S. The quantitative estimate of drug-likeness (QED) is 0.447. The fourth-order valence-corrected chi connectivity index (χ4v) is 5.93. The lowest BCUT2D eigenvalue weighted by Crippen LogP contribution is -2.39. The Morgan fingerprint density at radius 1 is 0.812 bits per heavy atom. The van der Waals surface area contributed by atoms with E-state index in [0.29, 0.717) is 0 Å². The van der Waals surface area contributed by atoms with Gasteiger partial charge in [-0.2, -0.15) is 0 Å². The molecule has 0 N–H and O–H groups in total. The molecule has 1 unspecified atom stereocenters. The number of hydrogen-bond acceptors (Lipinski definition) is 3.